The molecule has 104 valence electrons. The Hall–Kier alpha value is -2.07. The Morgan fingerprint density at radius 2 is 2.15 bits per heavy atom. The third-order valence-corrected chi connectivity index (χ3v) is 3.59. The van der Waals surface area contributed by atoms with Gasteiger partial charge in [0, 0.05) is 18.8 Å². The first-order chi connectivity index (χ1) is 9.70. The number of nitrogens with zero attached hydrogens (tertiary/aromatic N) is 1. The summed E-state index contributed by atoms with van der Waals surface area (Å²) in [5.74, 6) is 0.932. The van der Waals surface area contributed by atoms with Gasteiger partial charge in [-0.05, 0) is 37.1 Å². The van der Waals surface area contributed by atoms with Crippen molar-refractivity contribution in [1.29, 1.82) is 0 Å². The van der Waals surface area contributed by atoms with Gasteiger partial charge in [0.2, 0.25) is 0 Å². The second kappa shape index (κ2) is 5.13. The number of carbonyl (C=O) groups is 1. The van der Waals surface area contributed by atoms with E-state index in [0.717, 1.165) is 12.1 Å². The van der Waals surface area contributed by atoms with Crippen LogP contribution in [0.3, 0.4) is 0 Å². The molecule has 3 rings (SSSR count). The minimum Gasteiger partial charge on any atom is -0.453 e. The zero-order chi connectivity index (χ0) is 14.1. The van der Waals surface area contributed by atoms with Crippen molar-refractivity contribution in [2.24, 2.45) is 0 Å². The van der Waals surface area contributed by atoms with Crippen molar-refractivity contribution in [1.82, 2.24) is 0 Å². The maximum absolute atomic E-state index is 12.6. The zero-order valence-corrected chi connectivity index (χ0v) is 11.6. The number of anilines is 1. The van der Waals surface area contributed by atoms with Crippen LogP contribution in [0.1, 0.15) is 28.8 Å². The van der Waals surface area contributed by atoms with Gasteiger partial charge in [-0.15, -0.1) is 0 Å². The molecule has 4 heteroatoms. The van der Waals surface area contributed by atoms with Gasteiger partial charge in [0.1, 0.15) is 12.4 Å². The zero-order valence-electron chi connectivity index (χ0n) is 11.6. The van der Waals surface area contributed by atoms with Gasteiger partial charge >= 0.3 is 0 Å². The van der Waals surface area contributed by atoms with Crippen LogP contribution in [0.5, 0.6) is 0 Å². The van der Waals surface area contributed by atoms with Gasteiger partial charge in [-0.3, -0.25) is 4.79 Å². The molecule has 0 spiro atoms. The molecule has 0 radical (unpaired) electrons. The minimum atomic E-state index is -0.0928. The molecule has 0 aliphatic carbocycles. The molecule has 2 aromatic rings. The molecule has 1 aliphatic rings. The summed E-state index contributed by atoms with van der Waals surface area (Å²) in [6.45, 7) is 2.43. The van der Waals surface area contributed by atoms with Crippen LogP contribution in [0.25, 0.3) is 0 Å². The largest absolute Gasteiger partial charge is 0.453 e. The molecule has 2 heterocycles. The van der Waals surface area contributed by atoms with E-state index in [2.05, 4.69) is 13.0 Å². The summed E-state index contributed by atoms with van der Waals surface area (Å²) in [5.41, 5.74) is 2.19. The lowest BCUT2D eigenvalue weighted by Gasteiger charge is -2.21. The smallest absolute Gasteiger partial charge is 0.294 e. The van der Waals surface area contributed by atoms with E-state index in [1.54, 1.807) is 19.2 Å². The van der Waals surface area contributed by atoms with Crippen LogP contribution in [0.4, 0.5) is 5.69 Å². The minimum absolute atomic E-state index is 0.0928. The van der Waals surface area contributed by atoms with E-state index in [9.17, 15) is 4.79 Å². The third-order valence-electron chi connectivity index (χ3n) is 3.59. The summed E-state index contributed by atoms with van der Waals surface area (Å²) in [6, 6.07) is 11.6. The van der Waals surface area contributed by atoms with E-state index in [1.807, 2.05) is 23.1 Å². The van der Waals surface area contributed by atoms with Crippen LogP contribution in [0.15, 0.2) is 40.8 Å². The van der Waals surface area contributed by atoms with Crippen LogP contribution in [-0.2, 0) is 17.8 Å². The number of hydrogen-bond donors (Lipinski definition) is 0. The number of fused-ring (bicyclic) bond motifs is 1. The van der Waals surface area contributed by atoms with Crippen LogP contribution in [0, 0.1) is 0 Å². The van der Waals surface area contributed by atoms with Gasteiger partial charge < -0.3 is 14.1 Å². The summed E-state index contributed by atoms with van der Waals surface area (Å²) in [6.07, 6.45) is 0.882. The number of para-hydroxylation sites is 1. The molecule has 1 aromatic carbocycles. The summed E-state index contributed by atoms with van der Waals surface area (Å²) < 4.78 is 10.6. The standard InChI is InChI=1S/C16H17NO3/c1-11-9-12-5-3-4-6-14(12)17(11)16(18)15-8-7-13(20-15)10-19-2/h3-8,11H,9-10H2,1-2H3. The lowest BCUT2D eigenvalue weighted by molar-refractivity contribution is 0.0946. The Balaban J connectivity index is 1.90. The summed E-state index contributed by atoms with van der Waals surface area (Å²) >= 11 is 0. The van der Waals surface area contributed by atoms with Crippen LogP contribution in [0.2, 0.25) is 0 Å². The van der Waals surface area contributed by atoms with E-state index < -0.39 is 0 Å². The number of carbonyl (C=O) groups excluding carboxylic acids is 1. The SMILES string of the molecule is COCc1ccc(C(=O)N2c3ccccc3CC2C)o1. The summed E-state index contributed by atoms with van der Waals surface area (Å²) in [5, 5.41) is 0. The lowest BCUT2D eigenvalue weighted by Crippen LogP contribution is -2.35. The molecule has 0 saturated carbocycles. The molecular weight excluding hydrogens is 254 g/mol. The first-order valence-electron chi connectivity index (χ1n) is 6.70. The van der Waals surface area contributed by atoms with Crippen molar-refractivity contribution >= 4 is 11.6 Å². The molecule has 4 nitrogen and oxygen atoms in total. The topological polar surface area (TPSA) is 42.7 Å². The second-order valence-electron chi connectivity index (χ2n) is 5.06. The van der Waals surface area contributed by atoms with Gasteiger partial charge in [0.15, 0.2) is 5.76 Å². The third kappa shape index (κ3) is 2.12. The highest BCUT2D eigenvalue weighted by Gasteiger charge is 2.32. The molecule has 1 amide bonds. The van der Waals surface area contributed by atoms with E-state index in [1.165, 1.54) is 5.56 Å². The Morgan fingerprint density at radius 3 is 2.95 bits per heavy atom. The van der Waals surface area contributed by atoms with Crippen LogP contribution >= 0.6 is 0 Å². The molecule has 1 unspecified atom stereocenters. The second-order valence-corrected chi connectivity index (χ2v) is 5.06. The van der Waals surface area contributed by atoms with Crippen molar-refractivity contribution < 1.29 is 13.9 Å². The molecule has 0 N–H and O–H groups in total. The van der Waals surface area contributed by atoms with Gasteiger partial charge in [-0.2, -0.15) is 0 Å². The lowest BCUT2D eigenvalue weighted by atomic mass is 10.1. The number of amides is 1. The number of furan rings is 1. The summed E-state index contributed by atoms with van der Waals surface area (Å²) in [4.78, 5) is 14.4. The molecule has 20 heavy (non-hydrogen) atoms. The highest BCUT2D eigenvalue weighted by molar-refractivity contribution is 6.06. The van der Waals surface area contributed by atoms with Gasteiger partial charge in [-0.1, -0.05) is 18.2 Å². The fourth-order valence-electron chi connectivity index (χ4n) is 2.71. The number of methoxy groups -OCH3 is 1. The van der Waals surface area contributed by atoms with E-state index in [0.29, 0.717) is 18.1 Å². The van der Waals surface area contributed by atoms with Gasteiger partial charge in [0.25, 0.3) is 5.91 Å². The first-order valence-corrected chi connectivity index (χ1v) is 6.70. The van der Waals surface area contributed by atoms with Crippen molar-refractivity contribution in [2.75, 3.05) is 12.0 Å². The molecule has 0 bridgehead atoms. The maximum Gasteiger partial charge on any atom is 0.294 e. The number of ether oxygens (including phenoxy) is 1. The maximum atomic E-state index is 12.6. The highest BCUT2D eigenvalue weighted by Crippen LogP contribution is 2.33. The van der Waals surface area contributed by atoms with Crippen LogP contribution < -0.4 is 4.90 Å². The molecular formula is C16H17NO3. The van der Waals surface area contributed by atoms with E-state index >= 15 is 0 Å². The molecule has 0 saturated heterocycles. The Morgan fingerprint density at radius 1 is 1.35 bits per heavy atom. The molecule has 1 aliphatic heterocycles. The normalized spacial score (nSPS) is 17.3. The van der Waals surface area contributed by atoms with Crippen LogP contribution in [-0.4, -0.2) is 19.1 Å². The average molecular weight is 271 g/mol. The van der Waals surface area contributed by atoms with Gasteiger partial charge in [0.05, 0.1) is 0 Å². The Labute approximate surface area is 118 Å². The van der Waals surface area contributed by atoms with Crippen molar-refractivity contribution in [3.8, 4) is 0 Å². The number of rotatable bonds is 3. The fourth-order valence-corrected chi connectivity index (χ4v) is 2.71. The summed E-state index contributed by atoms with van der Waals surface area (Å²) in [7, 11) is 1.60. The first kappa shape index (κ1) is 12.9. The highest BCUT2D eigenvalue weighted by atomic mass is 16.5. The number of benzene rings is 1. The fraction of sp³-hybridized carbons (Fsp3) is 0.312. The van der Waals surface area contributed by atoms with Crippen molar-refractivity contribution in [3.05, 3.63) is 53.5 Å². The quantitative estimate of drug-likeness (QED) is 0.861. The molecule has 1 aromatic heterocycles. The predicted molar refractivity (Wildman–Crippen MR) is 75.8 cm³/mol. The molecule has 1 atom stereocenters. The molecule has 0 fully saturated rings. The van der Waals surface area contributed by atoms with Crippen molar-refractivity contribution in [3.63, 3.8) is 0 Å². The Bertz CT molecular complexity index is 632. The van der Waals surface area contributed by atoms with Gasteiger partial charge in [-0.25, -0.2) is 0 Å². The average Bonchev–Trinajstić information content (AvgIpc) is 3.02. The van der Waals surface area contributed by atoms with Crippen molar-refractivity contribution in [2.45, 2.75) is 26.0 Å². The van der Waals surface area contributed by atoms with E-state index in [-0.39, 0.29) is 11.9 Å². The number of hydrogen-bond acceptors (Lipinski definition) is 3. The predicted octanol–water partition coefficient (Wildman–Crippen LogP) is 3.02. The Kier molecular flexibility index (Phi) is 3.32. The monoisotopic (exact) mass is 271 g/mol. The van der Waals surface area contributed by atoms with E-state index in [4.69, 9.17) is 9.15 Å².